The molecule has 0 amide bonds. The van der Waals surface area contributed by atoms with E-state index in [1.807, 2.05) is 25.6 Å². The van der Waals surface area contributed by atoms with Crippen LogP contribution in [-0.4, -0.2) is 23.1 Å². The highest BCUT2D eigenvalue weighted by atomic mass is 32.2. The summed E-state index contributed by atoms with van der Waals surface area (Å²) >= 11 is 2.02. The number of hydrogen-bond donors (Lipinski definition) is 0. The van der Waals surface area contributed by atoms with Crippen molar-refractivity contribution in [3.05, 3.63) is 12.2 Å². The van der Waals surface area contributed by atoms with Crippen LogP contribution in [0.25, 0.3) is 0 Å². The van der Waals surface area contributed by atoms with Crippen molar-refractivity contribution in [3.8, 4) is 0 Å². The second kappa shape index (κ2) is 8.97. The van der Waals surface area contributed by atoms with Crippen LogP contribution in [0.1, 0.15) is 88.5 Å². The third kappa shape index (κ3) is 12.5. The van der Waals surface area contributed by atoms with E-state index in [2.05, 4.69) is 55.0 Å². The number of esters is 1. The Labute approximate surface area is 161 Å². The summed E-state index contributed by atoms with van der Waals surface area (Å²) < 4.78 is 5.47. The van der Waals surface area contributed by atoms with Gasteiger partial charge in [-0.1, -0.05) is 47.1 Å². The van der Waals surface area contributed by atoms with Gasteiger partial charge in [0, 0.05) is 6.92 Å². The zero-order valence-corrected chi connectivity index (χ0v) is 19.3. The summed E-state index contributed by atoms with van der Waals surface area (Å²) in [6.45, 7) is 25.7. The third-order valence-corrected chi connectivity index (χ3v) is 6.02. The van der Waals surface area contributed by atoms with Gasteiger partial charge in [0.1, 0.15) is 5.60 Å². The van der Waals surface area contributed by atoms with Gasteiger partial charge in [0.15, 0.2) is 0 Å². The van der Waals surface area contributed by atoms with Gasteiger partial charge >= 0.3 is 5.97 Å². The molecule has 0 unspecified atom stereocenters. The van der Waals surface area contributed by atoms with Crippen LogP contribution in [0, 0.1) is 16.2 Å². The predicted molar refractivity (Wildman–Crippen MR) is 113 cm³/mol. The quantitative estimate of drug-likeness (QED) is 0.293. The summed E-state index contributed by atoms with van der Waals surface area (Å²) in [4.78, 5) is 11.3. The number of rotatable bonds is 11. The SMILES string of the molecule is C=C(C)CC(C)(C)CC(C)(C)CSCC(C)(C)CC(C)(C)OC(C)=O. The molecule has 0 spiro atoms. The molecule has 0 fully saturated rings. The van der Waals surface area contributed by atoms with Crippen LogP contribution in [0.15, 0.2) is 12.2 Å². The lowest BCUT2D eigenvalue weighted by Crippen LogP contribution is -2.34. The fraction of sp³-hybridized carbons (Fsp3) is 0.864. The van der Waals surface area contributed by atoms with Gasteiger partial charge in [0.25, 0.3) is 0 Å². The maximum atomic E-state index is 11.3. The van der Waals surface area contributed by atoms with Crippen LogP contribution in [-0.2, 0) is 9.53 Å². The first-order chi connectivity index (χ1) is 11.0. The molecule has 0 aromatic carbocycles. The fourth-order valence-corrected chi connectivity index (χ4v) is 5.87. The Bertz CT molecular complexity index is 417. The molecule has 0 heterocycles. The van der Waals surface area contributed by atoms with Gasteiger partial charge in [-0.05, 0) is 67.8 Å². The molecule has 0 bridgehead atoms. The van der Waals surface area contributed by atoms with Crippen molar-refractivity contribution in [2.45, 2.75) is 94.1 Å². The molecule has 2 nitrogen and oxygen atoms in total. The van der Waals surface area contributed by atoms with E-state index in [9.17, 15) is 4.79 Å². The molecule has 0 saturated carbocycles. The van der Waals surface area contributed by atoms with Gasteiger partial charge in [0.05, 0.1) is 0 Å². The first-order valence-corrected chi connectivity index (χ1v) is 10.5. The van der Waals surface area contributed by atoms with Crippen molar-refractivity contribution in [2.24, 2.45) is 16.2 Å². The Balaban J connectivity index is 4.56. The normalized spacial score (nSPS) is 13.7. The van der Waals surface area contributed by atoms with Crippen LogP contribution in [0.4, 0.5) is 0 Å². The molecule has 0 atom stereocenters. The van der Waals surface area contributed by atoms with Crippen molar-refractivity contribution in [2.75, 3.05) is 11.5 Å². The van der Waals surface area contributed by atoms with Crippen LogP contribution >= 0.6 is 11.8 Å². The topological polar surface area (TPSA) is 26.3 Å². The second-order valence-electron chi connectivity index (χ2n) is 10.8. The highest BCUT2D eigenvalue weighted by Gasteiger charge is 2.33. The molecule has 0 aromatic rings. The van der Waals surface area contributed by atoms with Gasteiger partial charge in [-0.3, -0.25) is 4.79 Å². The number of carbonyl (C=O) groups is 1. The number of carbonyl (C=O) groups excluding carboxylic acids is 1. The van der Waals surface area contributed by atoms with Crippen LogP contribution in [0.3, 0.4) is 0 Å². The minimum atomic E-state index is -0.408. The zero-order chi connectivity index (χ0) is 20.1. The molecule has 3 heteroatoms. The average Bonchev–Trinajstić information content (AvgIpc) is 2.18. The van der Waals surface area contributed by atoms with E-state index >= 15 is 0 Å². The Hall–Kier alpha value is -0.440. The molecule has 148 valence electrons. The molecule has 0 aliphatic heterocycles. The molecule has 0 rings (SSSR count). The minimum Gasteiger partial charge on any atom is -0.460 e. The van der Waals surface area contributed by atoms with Gasteiger partial charge in [-0.2, -0.15) is 11.8 Å². The highest BCUT2D eigenvalue weighted by molar-refractivity contribution is 7.99. The molecule has 25 heavy (non-hydrogen) atoms. The van der Waals surface area contributed by atoms with Crippen LogP contribution in [0.2, 0.25) is 0 Å². The molecule has 0 radical (unpaired) electrons. The van der Waals surface area contributed by atoms with Gasteiger partial charge in [-0.25, -0.2) is 0 Å². The fourth-order valence-electron chi connectivity index (χ4n) is 4.46. The first kappa shape index (κ1) is 24.6. The minimum absolute atomic E-state index is 0.132. The summed E-state index contributed by atoms with van der Waals surface area (Å²) in [5.74, 6) is 2.01. The summed E-state index contributed by atoms with van der Waals surface area (Å²) in [5.41, 5.74) is 1.58. The highest BCUT2D eigenvalue weighted by Crippen LogP contribution is 2.41. The molecular weight excluding hydrogens is 328 g/mol. The van der Waals surface area contributed by atoms with Gasteiger partial charge < -0.3 is 4.74 Å². The number of allylic oxidation sites excluding steroid dienone is 1. The third-order valence-electron chi connectivity index (χ3n) is 4.05. The van der Waals surface area contributed by atoms with E-state index in [1.54, 1.807) is 0 Å². The summed E-state index contributed by atoms with van der Waals surface area (Å²) in [5, 5.41) is 0. The largest absolute Gasteiger partial charge is 0.460 e. The van der Waals surface area contributed by atoms with E-state index in [-0.39, 0.29) is 11.4 Å². The number of ether oxygens (including phenoxy) is 1. The molecule has 0 aliphatic rings. The van der Waals surface area contributed by atoms with Crippen molar-refractivity contribution in [1.82, 2.24) is 0 Å². The summed E-state index contributed by atoms with van der Waals surface area (Å²) in [6, 6.07) is 0. The Kier molecular flexibility index (Phi) is 8.81. The Morgan fingerprint density at radius 1 is 0.840 bits per heavy atom. The Morgan fingerprint density at radius 2 is 1.28 bits per heavy atom. The lowest BCUT2D eigenvalue weighted by Gasteiger charge is -2.37. The maximum Gasteiger partial charge on any atom is 0.303 e. The monoisotopic (exact) mass is 370 g/mol. The van der Waals surface area contributed by atoms with E-state index in [4.69, 9.17) is 4.74 Å². The van der Waals surface area contributed by atoms with E-state index in [0.717, 1.165) is 24.3 Å². The lowest BCUT2D eigenvalue weighted by molar-refractivity contribution is -0.155. The van der Waals surface area contributed by atoms with Crippen molar-refractivity contribution in [3.63, 3.8) is 0 Å². The predicted octanol–water partition coefficient (Wildman–Crippen LogP) is 6.89. The molecular formula is C22H42O2S. The van der Waals surface area contributed by atoms with Gasteiger partial charge in [-0.15, -0.1) is 6.58 Å². The van der Waals surface area contributed by atoms with E-state index < -0.39 is 5.60 Å². The van der Waals surface area contributed by atoms with Crippen LogP contribution < -0.4 is 0 Å². The number of thioether (sulfide) groups is 1. The smallest absolute Gasteiger partial charge is 0.303 e. The van der Waals surface area contributed by atoms with Crippen molar-refractivity contribution >= 4 is 17.7 Å². The van der Waals surface area contributed by atoms with Crippen LogP contribution in [0.5, 0.6) is 0 Å². The van der Waals surface area contributed by atoms with E-state index in [0.29, 0.717) is 10.8 Å². The first-order valence-electron chi connectivity index (χ1n) is 9.37. The molecule has 0 aromatic heterocycles. The standard InChI is InChI=1S/C22H42O2S/c1-17(2)12-19(4,5)13-20(6,7)15-25-16-21(8,9)14-22(10,11)24-18(3)23/h1,12-16H2,2-11H3. The summed E-state index contributed by atoms with van der Waals surface area (Å²) in [6.07, 6.45) is 3.15. The lowest BCUT2D eigenvalue weighted by atomic mass is 9.73. The zero-order valence-electron chi connectivity index (χ0n) is 18.5. The molecule has 0 N–H and O–H groups in total. The van der Waals surface area contributed by atoms with Crippen molar-refractivity contribution < 1.29 is 9.53 Å². The molecule has 0 aliphatic carbocycles. The molecule has 0 saturated heterocycles. The second-order valence-corrected chi connectivity index (χ2v) is 11.8. The Morgan fingerprint density at radius 3 is 1.68 bits per heavy atom. The maximum absolute atomic E-state index is 11.3. The average molecular weight is 371 g/mol. The van der Waals surface area contributed by atoms with Gasteiger partial charge in [0.2, 0.25) is 0 Å². The van der Waals surface area contributed by atoms with E-state index in [1.165, 1.54) is 18.9 Å². The summed E-state index contributed by atoms with van der Waals surface area (Å²) in [7, 11) is 0. The number of hydrogen-bond acceptors (Lipinski definition) is 3. The van der Waals surface area contributed by atoms with Crippen molar-refractivity contribution in [1.29, 1.82) is 0 Å².